The first kappa shape index (κ1) is 16.2. The second-order valence-corrected chi connectivity index (χ2v) is 6.13. The summed E-state index contributed by atoms with van der Waals surface area (Å²) in [4.78, 5) is 8.49. The van der Waals surface area contributed by atoms with Gasteiger partial charge in [-0.25, -0.2) is 9.97 Å². The van der Waals surface area contributed by atoms with E-state index in [0.29, 0.717) is 5.95 Å². The lowest BCUT2D eigenvalue weighted by atomic mass is 10.0. The first-order valence-electron chi connectivity index (χ1n) is 8.45. The fraction of sp³-hybridized carbons (Fsp3) is 0.150. The fourth-order valence-electron chi connectivity index (χ4n) is 2.91. The number of nitrogens with zero attached hydrogens (tertiary/aromatic N) is 4. The van der Waals surface area contributed by atoms with Gasteiger partial charge in [-0.3, -0.25) is 0 Å². The highest BCUT2D eigenvalue weighted by Crippen LogP contribution is 2.27. The lowest BCUT2D eigenvalue weighted by molar-refractivity contribution is 0.180. The Bertz CT molecular complexity index is 999. The third-order valence-electron chi connectivity index (χ3n) is 4.15. The molecule has 2 heterocycles. The van der Waals surface area contributed by atoms with Gasteiger partial charge in [0, 0.05) is 23.8 Å². The van der Waals surface area contributed by atoms with Crippen molar-refractivity contribution in [3.8, 4) is 11.7 Å². The van der Waals surface area contributed by atoms with E-state index in [1.54, 1.807) is 29.3 Å². The number of hydrogen-bond acceptors (Lipinski definition) is 5. The maximum Gasteiger partial charge on any atom is 0.251 e. The topological polar surface area (TPSA) is 78.9 Å². The normalized spacial score (nSPS) is 13.5. The monoisotopic (exact) mass is 345 g/mol. The van der Waals surface area contributed by atoms with E-state index in [-0.39, 0.29) is 12.1 Å². The van der Waals surface area contributed by atoms with Crippen molar-refractivity contribution in [2.75, 3.05) is 0 Å². The lowest BCUT2D eigenvalue weighted by Crippen LogP contribution is -2.29. The first-order valence-corrected chi connectivity index (χ1v) is 8.45. The summed E-state index contributed by atoms with van der Waals surface area (Å²) in [6.45, 7) is 1.95. The van der Waals surface area contributed by atoms with E-state index in [4.69, 9.17) is 10.5 Å². The van der Waals surface area contributed by atoms with Crippen LogP contribution in [-0.4, -0.2) is 25.8 Å². The van der Waals surface area contributed by atoms with E-state index in [1.807, 2.05) is 55.5 Å². The molecular formula is C20H19N5O. The SMILES string of the molecule is CC(N)C(Oc1ccc2c(cnn2-c2ncccn2)c1)c1ccccc1. The molecule has 0 aliphatic rings. The zero-order valence-electron chi connectivity index (χ0n) is 14.4. The van der Waals surface area contributed by atoms with E-state index >= 15 is 0 Å². The third kappa shape index (κ3) is 3.14. The number of nitrogens with two attached hydrogens (primary N) is 1. The van der Waals surface area contributed by atoms with Crippen molar-refractivity contribution < 1.29 is 4.74 Å². The highest BCUT2D eigenvalue weighted by Gasteiger charge is 2.18. The Morgan fingerprint density at radius 3 is 2.50 bits per heavy atom. The van der Waals surface area contributed by atoms with Crippen molar-refractivity contribution in [3.63, 3.8) is 0 Å². The largest absolute Gasteiger partial charge is 0.484 e. The predicted molar refractivity (Wildman–Crippen MR) is 100 cm³/mol. The molecule has 0 amide bonds. The Labute approximate surface area is 151 Å². The molecule has 2 atom stereocenters. The van der Waals surface area contributed by atoms with Crippen molar-refractivity contribution in [1.29, 1.82) is 0 Å². The Morgan fingerprint density at radius 1 is 1.00 bits per heavy atom. The zero-order valence-corrected chi connectivity index (χ0v) is 14.4. The number of rotatable bonds is 5. The summed E-state index contributed by atoms with van der Waals surface area (Å²) in [5.41, 5.74) is 8.12. The quantitative estimate of drug-likeness (QED) is 0.600. The molecule has 0 bridgehead atoms. The van der Waals surface area contributed by atoms with Crippen LogP contribution in [0.15, 0.2) is 73.2 Å². The molecule has 2 aromatic carbocycles. The van der Waals surface area contributed by atoms with Crippen molar-refractivity contribution >= 4 is 10.9 Å². The maximum atomic E-state index is 6.19. The predicted octanol–water partition coefficient (Wildman–Crippen LogP) is 3.28. The molecule has 0 saturated heterocycles. The Kier molecular flexibility index (Phi) is 4.33. The van der Waals surface area contributed by atoms with Crippen molar-refractivity contribution in [1.82, 2.24) is 19.7 Å². The Balaban J connectivity index is 1.66. The molecule has 4 rings (SSSR count). The summed E-state index contributed by atoms with van der Waals surface area (Å²) >= 11 is 0. The second kappa shape index (κ2) is 6.93. The molecule has 4 aromatic rings. The average Bonchev–Trinajstić information content (AvgIpc) is 3.10. The molecule has 2 N–H and O–H groups in total. The van der Waals surface area contributed by atoms with E-state index < -0.39 is 0 Å². The van der Waals surface area contributed by atoms with Crippen LogP contribution < -0.4 is 10.5 Å². The fourth-order valence-corrected chi connectivity index (χ4v) is 2.91. The summed E-state index contributed by atoms with van der Waals surface area (Å²) in [7, 11) is 0. The Morgan fingerprint density at radius 2 is 1.77 bits per heavy atom. The smallest absolute Gasteiger partial charge is 0.251 e. The van der Waals surface area contributed by atoms with Crippen LogP contribution in [0.4, 0.5) is 0 Å². The molecule has 0 aliphatic carbocycles. The van der Waals surface area contributed by atoms with Crippen LogP contribution in [0.2, 0.25) is 0 Å². The molecule has 6 nitrogen and oxygen atoms in total. The van der Waals surface area contributed by atoms with Gasteiger partial charge in [-0.1, -0.05) is 30.3 Å². The van der Waals surface area contributed by atoms with Crippen LogP contribution in [0.3, 0.4) is 0 Å². The maximum absolute atomic E-state index is 6.19. The first-order chi connectivity index (χ1) is 12.7. The summed E-state index contributed by atoms with van der Waals surface area (Å²) in [6.07, 6.45) is 4.95. The minimum Gasteiger partial charge on any atom is -0.484 e. The molecule has 0 fully saturated rings. The van der Waals surface area contributed by atoms with Gasteiger partial charge >= 0.3 is 0 Å². The van der Waals surface area contributed by atoms with Crippen LogP contribution in [0, 0.1) is 0 Å². The Hall–Kier alpha value is -3.25. The van der Waals surface area contributed by atoms with E-state index in [2.05, 4.69) is 15.1 Å². The number of aromatic nitrogens is 4. The van der Waals surface area contributed by atoms with Crippen LogP contribution in [0.25, 0.3) is 16.9 Å². The van der Waals surface area contributed by atoms with Crippen LogP contribution >= 0.6 is 0 Å². The second-order valence-electron chi connectivity index (χ2n) is 6.13. The molecule has 130 valence electrons. The van der Waals surface area contributed by atoms with E-state index in [9.17, 15) is 0 Å². The molecule has 0 saturated carbocycles. The number of ether oxygens (including phenoxy) is 1. The van der Waals surface area contributed by atoms with Gasteiger partial charge in [-0.15, -0.1) is 0 Å². The van der Waals surface area contributed by atoms with Crippen molar-refractivity contribution in [2.24, 2.45) is 5.73 Å². The standard InChI is InChI=1S/C20H19N5O/c1-14(21)19(15-6-3-2-4-7-15)26-17-8-9-18-16(12-17)13-24-25(18)20-22-10-5-11-23-20/h2-14,19H,21H2,1H3. The minimum atomic E-state index is -0.221. The third-order valence-corrected chi connectivity index (χ3v) is 4.15. The zero-order chi connectivity index (χ0) is 17.9. The van der Waals surface area contributed by atoms with E-state index in [1.165, 1.54) is 0 Å². The summed E-state index contributed by atoms with van der Waals surface area (Å²) < 4.78 is 7.90. The molecule has 2 unspecified atom stereocenters. The number of hydrogen-bond donors (Lipinski definition) is 1. The molecule has 0 spiro atoms. The molecular weight excluding hydrogens is 326 g/mol. The van der Waals surface area contributed by atoms with Crippen LogP contribution in [0.5, 0.6) is 5.75 Å². The minimum absolute atomic E-state index is 0.145. The van der Waals surface area contributed by atoms with Gasteiger partial charge in [0.25, 0.3) is 5.95 Å². The average molecular weight is 345 g/mol. The molecule has 26 heavy (non-hydrogen) atoms. The molecule has 0 radical (unpaired) electrons. The van der Waals surface area contributed by atoms with Crippen molar-refractivity contribution in [3.05, 3.63) is 78.8 Å². The number of fused-ring (bicyclic) bond motifs is 1. The summed E-state index contributed by atoms with van der Waals surface area (Å²) in [5.74, 6) is 1.28. The summed E-state index contributed by atoms with van der Waals surface area (Å²) in [5, 5.41) is 5.34. The van der Waals surface area contributed by atoms with Gasteiger partial charge in [0.2, 0.25) is 0 Å². The highest BCUT2D eigenvalue weighted by atomic mass is 16.5. The van der Waals surface area contributed by atoms with Gasteiger partial charge in [-0.05, 0) is 36.8 Å². The van der Waals surface area contributed by atoms with Crippen LogP contribution in [0.1, 0.15) is 18.6 Å². The van der Waals surface area contributed by atoms with Gasteiger partial charge in [0.05, 0.1) is 11.7 Å². The van der Waals surface area contributed by atoms with Gasteiger partial charge < -0.3 is 10.5 Å². The molecule has 2 aromatic heterocycles. The lowest BCUT2D eigenvalue weighted by Gasteiger charge is -2.23. The van der Waals surface area contributed by atoms with Gasteiger partial charge in [0.1, 0.15) is 11.9 Å². The van der Waals surface area contributed by atoms with Crippen molar-refractivity contribution in [2.45, 2.75) is 19.1 Å². The van der Waals surface area contributed by atoms with Crippen LogP contribution in [-0.2, 0) is 0 Å². The van der Waals surface area contributed by atoms with E-state index in [0.717, 1.165) is 22.2 Å². The molecule has 6 heteroatoms. The molecule has 0 aliphatic heterocycles. The van der Waals surface area contributed by atoms with Gasteiger partial charge in [0.15, 0.2) is 0 Å². The highest BCUT2D eigenvalue weighted by molar-refractivity contribution is 5.81. The summed E-state index contributed by atoms with van der Waals surface area (Å²) in [6, 6.07) is 17.5. The number of benzene rings is 2. The van der Waals surface area contributed by atoms with Gasteiger partial charge in [-0.2, -0.15) is 9.78 Å².